The quantitative estimate of drug-likeness (QED) is 0.0291. The van der Waals surface area contributed by atoms with E-state index < -0.39 is 134 Å². The lowest BCUT2D eigenvalue weighted by Gasteiger charge is -2.30. The zero-order chi connectivity index (χ0) is 86.5. The molecule has 8 aliphatic rings. The summed E-state index contributed by atoms with van der Waals surface area (Å²) in [6.07, 6.45) is 13.8. The summed E-state index contributed by atoms with van der Waals surface area (Å²) in [6.45, 7) is 9.70. The number of carbonyl (C=O) groups excluding carboxylic acids is 8. The van der Waals surface area contributed by atoms with Crippen molar-refractivity contribution >= 4 is 147 Å². The normalized spacial score (nSPS) is 25.5. The minimum absolute atomic E-state index is 0. The summed E-state index contributed by atoms with van der Waals surface area (Å²) in [5.41, 5.74) is -1.48. The van der Waals surface area contributed by atoms with Crippen molar-refractivity contribution in [1.82, 2.24) is 49.6 Å². The van der Waals surface area contributed by atoms with Gasteiger partial charge in [-0.15, -0.1) is 0 Å². The molecule has 2 saturated heterocycles. The minimum Gasteiger partial charge on any atom is -0.495 e. The van der Waals surface area contributed by atoms with Gasteiger partial charge in [-0.2, -0.15) is 8.42 Å². The van der Waals surface area contributed by atoms with Gasteiger partial charge in [-0.1, -0.05) is 80.8 Å². The number of carbonyl (C=O) groups is 8. The van der Waals surface area contributed by atoms with E-state index in [-0.39, 0.29) is 82.1 Å². The zero-order valence-corrected chi connectivity index (χ0v) is 75.3. The first-order valence-electron chi connectivity index (χ1n) is 39.9. The molecule has 5 aromatic rings. The first-order valence-corrected chi connectivity index (χ1v) is 46.7. The van der Waals surface area contributed by atoms with Crippen LogP contribution in [0.3, 0.4) is 0 Å². The van der Waals surface area contributed by atoms with Gasteiger partial charge in [0.25, 0.3) is 20.1 Å². The Hall–Kier alpha value is -8.36. The van der Waals surface area contributed by atoms with Crippen molar-refractivity contribution in [3.8, 4) is 29.0 Å². The van der Waals surface area contributed by atoms with E-state index in [1.165, 1.54) is 51.9 Å². The van der Waals surface area contributed by atoms with Gasteiger partial charge in [0.05, 0.1) is 99.5 Å². The van der Waals surface area contributed by atoms with Gasteiger partial charge in [0.2, 0.25) is 44.3 Å². The van der Waals surface area contributed by atoms with Crippen molar-refractivity contribution in [1.29, 1.82) is 0 Å². The number of hydrogen-bond donors (Lipinski definition) is 5. The van der Waals surface area contributed by atoms with Crippen LogP contribution in [0.1, 0.15) is 164 Å². The molecule has 10 atom stereocenters. The van der Waals surface area contributed by atoms with Crippen LogP contribution in [0.4, 0.5) is 9.59 Å². The van der Waals surface area contributed by atoms with E-state index in [4.69, 9.17) is 27.9 Å². The lowest BCUT2D eigenvalue weighted by Crippen LogP contribution is -2.54. The molecule has 0 unspecified atom stereocenters. The number of nitrogens with zero attached hydrogens (tertiary/aromatic N) is 5. The SMILES string of the molecule is C.C.CCOc1cc(=O)c2ccc(OC)c(Br)c2[nH]1.CCOc1cc(O[C@@H]2C[C@H]3C(=O)C[C@]4(C(=O)NS(=O)(=O)C5(C)CC5)C[C@H]4/C=C\CCCCC[C@H](NC(=O)N(C)C)C(=O)N3C2)c2ccc(OC)c(Br)c2n1.[CH2+]C1(S(=O)(=O)NC(=O)[C@]23CC(=O)[C@@H]4C[C@H](OS(=O)(=O)c5ccc(Br)cc5)CN4C(=O)[C@@H](NC(=O)N(C)C)CCCCC/C=C\[C@@H]2C3)CC1. The molecule has 6 fully saturated rings. The molecule has 0 spiro atoms. The predicted octanol–water partition coefficient (Wildman–Crippen LogP) is 11.9. The molecule has 4 saturated carbocycles. The second-order valence-electron chi connectivity index (χ2n) is 32.3. The van der Waals surface area contributed by atoms with Crippen LogP contribution < -0.4 is 49.2 Å². The first-order chi connectivity index (χ1) is 56.3. The predicted molar refractivity (Wildman–Crippen MR) is 467 cm³/mol. The number of aromatic nitrogens is 2. The minimum atomic E-state index is -4.29. The molecule has 662 valence electrons. The van der Waals surface area contributed by atoms with E-state index in [1.54, 1.807) is 71.6 Å². The maximum absolute atomic E-state index is 14.6. The van der Waals surface area contributed by atoms with Crippen LogP contribution in [0, 0.1) is 29.6 Å². The van der Waals surface area contributed by atoms with E-state index in [0.29, 0.717) is 137 Å². The summed E-state index contributed by atoms with van der Waals surface area (Å²) in [7, 11) is -2.93. The van der Waals surface area contributed by atoms with Crippen molar-refractivity contribution in [3.05, 3.63) is 116 Å². The molecule has 3 aromatic carbocycles. The Morgan fingerprint density at radius 1 is 0.612 bits per heavy atom. The van der Waals surface area contributed by atoms with E-state index in [0.717, 1.165) is 36.6 Å². The van der Waals surface area contributed by atoms with Crippen LogP contribution in [0.25, 0.3) is 21.8 Å². The number of Topliss-reactive ketones (excluding diaryl/α,β-unsaturated/α-hetero) is 2. The maximum Gasteiger partial charge on any atom is 0.317 e. The summed E-state index contributed by atoms with van der Waals surface area (Å²) in [4.78, 5) is 135. The maximum atomic E-state index is 14.6. The Bertz CT molecular complexity index is 5200. The number of pyridine rings is 2. The van der Waals surface area contributed by atoms with E-state index in [9.17, 15) is 68.4 Å². The van der Waals surface area contributed by atoms with Crippen molar-refractivity contribution in [2.24, 2.45) is 22.7 Å². The number of benzene rings is 3. The fourth-order valence-electron chi connectivity index (χ4n) is 15.4. The number of sulfonamides is 2. The highest BCUT2D eigenvalue weighted by molar-refractivity contribution is 9.11. The number of methoxy groups -OCH3 is 2. The van der Waals surface area contributed by atoms with Crippen LogP contribution in [0.2, 0.25) is 0 Å². The Labute approximate surface area is 733 Å². The average molecular weight is 1930 g/mol. The topological polar surface area (TPSA) is 401 Å². The molecule has 0 radical (unpaired) electrons. The lowest BCUT2D eigenvalue weighted by atomic mass is 9.91. The molecule has 2 aromatic heterocycles. The molecule has 4 aliphatic carbocycles. The molecule has 8 amide bonds. The summed E-state index contributed by atoms with van der Waals surface area (Å²) in [5.74, 6) is -1.64. The third-order valence-corrected chi connectivity index (χ3v) is 30.9. The number of nitrogens with one attached hydrogen (secondary N) is 5. The molecular formula is C84H112Br3N10O21S3+. The number of ketones is 2. The molecule has 0 bridgehead atoms. The van der Waals surface area contributed by atoms with Gasteiger partial charge in [-0.3, -0.25) is 42.5 Å². The largest absolute Gasteiger partial charge is 0.495 e. The number of halogens is 3. The van der Waals surface area contributed by atoms with Crippen molar-refractivity contribution < 1.29 is 91.5 Å². The fraction of sp³-hybridized carbons (Fsp3) is 0.560. The second-order valence-corrected chi connectivity index (χ2v) is 40.6. The van der Waals surface area contributed by atoms with Crippen molar-refractivity contribution in [2.75, 3.05) is 68.7 Å². The summed E-state index contributed by atoms with van der Waals surface area (Å²) in [5, 5.41) is 6.85. The third kappa shape index (κ3) is 22.1. The number of fused-ring (bicyclic) bond motifs is 6. The van der Waals surface area contributed by atoms with Gasteiger partial charge in [-0.25, -0.2) is 36.1 Å². The monoisotopic (exact) mass is 1930 g/mol. The summed E-state index contributed by atoms with van der Waals surface area (Å²) < 4.78 is 117. The second kappa shape index (κ2) is 39.7. The smallest absolute Gasteiger partial charge is 0.317 e. The van der Waals surface area contributed by atoms with Gasteiger partial charge in [0, 0.05) is 101 Å². The van der Waals surface area contributed by atoms with Crippen molar-refractivity contribution in [2.45, 2.75) is 215 Å². The number of allylic oxidation sites excluding steroid dienone is 4. The summed E-state index contributed by atoms with van der Waals surface area (Å²) in [6, 6.07) is 11.0. The number of H-pyrrole nitrogens is 1. The molecule has 31 nitrogen and oxygen atoms in total. The number of urea groups is 2. The van der Waals surface area contributed by atoms with Crippen LogP contribution in [0.5, 0.6) is 29.0 Å². The standard InChI is InChI=1S/C38H50BrN5O9S.C32H41BrN4O9S2.C12H12BrNO3.2CH4/c1-6-52-31-19-30(25-14-15-29(51-5)32(39)33(25)41-31)53-24-18-27-28(45)21-38(35(47)42-54(49,50)37(2)16-17-37)20-23(38)12-10-8-7-9-11-13-26(34(46)44(27)22-24)40-36(48)43(3)4;1-31(15-16-31)48(44,45)35-29(40)32-18-21(32)9-7-5-4-6-8-10-25(34-30(41)36(2)3)28(39)37-20-23(17-26(37)27(38)19-32)46-47(42,43)24-13-11-22(33)12-14-24;1-3-17-10-6-8(15)7-4-5-9(16-2)11(13)12(7)14-10;;/h10,12,14-15,19,23-24,26-27H,6-9,11,13,16-18,20-22H2,1-5H3,(H,40,48)(H,42,47);7,9,11-14,21,23,25-26H,1,4-6,8,10,15-20H2,2-3H3,(H-,34,35,40,41);4-6H,3H2,1-2H3,(H,14,15);2*1H4/p+1/b12-10-;9-7-;;;/t23-,24-,26+,27+,38-;21-,23+,25+,26+,32-;;;/m11.../s1. The lowest BCUT2D eigenvalue weighted by molar-refractivity contribution is -0.140. The van der Waals surface area contributed by atoms with Crippen LogP contribution in [0.15, 0.2) is 108 Å². The number of aromatic amines is 1. The Morgan fingerprint density at radius 2 is 1.10 bits per heavy atom. The molecule has 6 heterocycles. The molecule has 4 aliphatic heterocycles. The summed E-state index contributed by atoms with van der Waals surface area (Å²) >= 11 is 10.3. The first kappa shape index (κ1) is 96.5. The fourth-order valence-corrected chi connectivity index (χ4v) is 20.6. The van der Waals surface area contributed by atoms with Gasteiger partial charge < -0.3 is 58.9 Å². The number of hydrogen-bond acceptors (Lipinski definition) is 22. The number of rotatable bonds is 19. The number of ether oxygens (including phenoxy) is 5. The average Bonchev–Trinajstić information content (AvgIpc) is 1.57. The molecule has 121 heavy (non-hydrogen) atoms. The molecule has 37 heteroatoms. The number of amides is 8. The third-order valence-electron chi connectivity index (χ3n) is 23.3. The highest BCUT2D eigenvalue weighted by atomic mass is 79.9. The molecule has 13 rings (SSSR count). The molecular weight excluding hydrogens is 1820 g/mol. The van der Waals surface area contributed by atoms with E-state index in [2.05, 4.69) is 84.8 Å². The Kier molecular flexibility index (Phi) is 31.6. The highest BCUT2D eigenvalue weighted by Crippen LogP contribution is 2.59. The van der Waals surface area contributed by atoms with E-state index >= 15 is 0 Å². The van der Waals surface area contributed by atoms with Gasteiger partial charge in [0.1, 0.15) is 35.4 Å². The van der Waals surface area contributed by atoms with Crippen LogP contribution >= 0.6 is 47.8 Å². The molecule has 5 N–H and O–H groups in total. The zero-order valence-electron chi connectivity index (χ0n) is 68.0. The Morgan fingerprint density at radius 3 is 1.59 bits per heavy atom. The van der Waals surface area contributed by atoms with Crippen LogP contribution in [-0.4, -0.2) is 217 Å². The van der Waals surface area contributed by atoms with E-state index in [1.807, 2.05) is 44.2 Å². The Balaban J connectivity index is 0.000000228. The van der Waals surface area contributed by atoms with Gasteiger partial charge in [0.15, 0.2) is 22.9 Å². The highest BCUT2D eigenvalue weighted by Gasteiger charge is 2.66. The van der Waals surface area contributed by atoms with Gasteiger partial charge in [-0.05, 0) is 177 Å². The van der Waals surface area contributed by atoms with Gasteiger partial charge >= 0.3 is 12.1 Å². The van der Waals surface area contributed by atoms with Crippen LogP contribution in [-0.2, 0) is 63.1 Å². The van der Waals surface area contributed by atoms with Crippen molar-refractivity contribution in [3.63, 3.8) is 0 Å².